The number of fused-ring (bicyclic) bond motifs is 1. The van der Waals surface area contributed by atoms with Gasteiger partial charge < -0.3 is 10.0 Å². The summed E-state index contributed by atoms with van der Waals surface area (Å²) < 4.78 is 0. The minimum absolute atomic E-state index is 0.146. The van der Waals surface area contributed by atoms with Crippen molar-refractivity contribution in [3.8, 4) is 0 Å². The van der Waals surface area contributed by atoms with Crippen LogP contribution >= 0.6 is 0 Å². The molecule has 3 aromatic rings. The molecule has 1 saturated heterocycles. The summed E-state index contributed by atoms with van der Waals surface area (Å²) in [5.41, 5.74) is 0.232. The van der Waals surface area contributed by atoms with Gasteiger partial charge in [-0.25, -0.2) is 15.1 Å². The Morgan fingerprint density at radius 3 is 2.59 bits per heavy atom. The Bertz CT molecular complexity index is 1030. The third-order valence-electron chi connectivity index (χ3n) is 5.63. The third kappa shape index (κ3) is 3.33. The second kappa shape index (κ2) is 6.15. The van der Waals surface area contributed by atoms with E-state index in [-0.39, 0.29) is 11.5 Å². The number of H-pyrrole nitrogens is 1. The summed E-state index contributed by atoms with van der Waals surface area (Å²) in [4.78, 5) is 13.3. The maximum absolute atomic E-state index is 10.5. The van der Waals surface area contributed by atoms with Gasteiger partial charge in [-0.15, -0.1) is 15.3 Å². The highest BCUT2D eigenvalue weighted by Gasteiger charge is 2.39. The summed E-state index contributed by atoms with van der Waals surface area (Å²) in [5.74, 6) is 2.50. The molecule has 0 radical (unpaired) electrons. The number of hydrogen-bond donors (Lipinski definition) is 2. The van der Waals surface area contributed by atoms with Crippen LogP contribution < -0.4 is 4.90 Å². The maximum Gasteiger partial charge on any atom is 0.207 e. The van der Waals surface area contributed by atoms with Gasteiger partial charge >= 0.3 is 0 Å². The Morgan fingerprint density at radius 2 is 2.00 bits per heavy atom. The van der Waals surface area contributed by atoms with E-state index in [0.717, 1.165) is 18.7 Å². The molecule has 5 rings (SSSR count). The van der Waals surface area contributed by atoms with Gasteiger partial charge in [0.15, 0.2) is 17.2 Å². The van der Waals surface area contributed by atoms with Crippen LogP contribution in [0.15, 0.2) is 0 Å². The highest BCUT2D eigenvalue weighted by Crippen LogP contribution is 2.42. The molecule has 2 aliphatic rings. The number of β-amino-alcohol motifs (C(OH)–C–C–N with tert-alkyl or cyclic N) is 1. The molecule has 11 heteroatoms. The first kappa shape index (κ1) is 18.3. The average Bonchev–Trinajstić information content (AvgIpc) is 3.04. The first-order chi connectivity index (χ1) is 13.7. The number of nitrogens with zero attached hydrogens (tertiary/aromatic N) is 9. The molecule has 3 aromatic heterocycles. The van der Waals surface area contributed by atoms with Crippen LogP contribution in [-0.2, 0) is 5.41 Å². The second-order valence-corrected chi connectivity index (χ2v) is 9.55. The molecule has 29 heavy (non-hydrogen) atoms. The number of tetrazole rings is 1. The first-order valence-corrected chi connectivity index (χ1v) is 10.1. The number of hydrogen-bond acceptors (Lipinski definition) is 9. The van der Waals surface area contributed by atoms with Crippen LogP contribution in [0.4, 0.5) is 5.82 Å². The van der Waals surface area contributed by atoms with Gasteiger partial charge in [0.05, 0.1) is 5.60 Å². The molecule has 2 atom stereocenters. The smallest absolute Gasteiger partial charge is 0.207 e. The molecule has 154 valence electrons. The first-order valence-electron chi connectivity index (χ1n) is 10.1. The van der Waals surface area contributed by atoms with Crippen molar-refractivity contribution in [1.82, 2.24) is 45.6 Å². The van der Waals surface area contributed by atoms with Crippen LogP contribution in [0.5, 0.6) is 0 Å². The molecule has 1 aliphatic heterocycles. The molecule has 2 fully saturated rings. The van der Waals surface area contributed by atoms with Crippen molar-refractivity contribution in [2.45, 2.75) is 64.0 Å². The Hall–Kier alpha value is -2.69. The molecule has 0 bridgehead atoms. The van der Waals surface area contributed by atoms with Crippen molar-refractivity contribution in [2.75, 3.05) is 18.0 Å². The number of anilines is 1. The number of aromatic amines is 1. The third-order valence-corrected chi connectivity index (χ3v) is 5.63. The van der Waals surface area contributed by atoms with Gasteiger partial charge in [0.1, 0.15) is 11.9 Å². The molecule has 1 aliphatic carbocycles. The lowest BCUT2D eigenvalue weighted by Gasteiger charge is -2.22. The van der Waals surface area contributed by atoms with Crippen LogP contribution in [0.3, 0.4) is 0 Å². The highest BCUT2D eigenvalue weighted by atomic mass is 16.3. The summed E-state index contributed by atoms with van der Waals surface area (Å²) >= 11 is 0. The minimum atomic E-state index is -0.739. The van der Waals surface area contributed by atoms with Crippen molar-refractivity contribution in [2.24, 2.45) is 5.92 Å². The topological polar surface area (TPSA) is 134 Å². The number of rotatable bonds is 4. The zero-order valence-electron chi connectivity index (χ0n) is 17.2. The molecule has 0 aromatic carbocycles. The van der Waals surface area contributed by atoms with E-state index in [1.807, 2.05) is 6.92 Å². The number of aliphatic hydroxyl groups is 1. The van der Waals surface area contributed by atoms with E-state index in [2.05, 4.69) is 46.3 Å². The lowest BCUT2D eigenvalue weighted by atomic mass is 9.96. The molecule has 11 nitrogen and oxygen atoms in total. The Morgan fingerprint density at radius 1 is 1.21 bits per heavy atom. The van der Waals surface area contributed by atoms with Gasteiger partial charge in [0.25, 0.3) is 0 Å². The van der Waals surface area contributed by atoms with Crippen molar-refractivity contribution < 1.29 is 5.11 Å². The molecule has 1 saturated carbocycles. The van der Waals surface area contributed by atoms with Gasteiger partial charge in [-0.2, -0.15) is 4.80 Å². The zero-order chi connectivity index (χ0) is 20.4. The fraction of sp³-hybridized carbons (Fsp3) is 0.722. The van der Waals surface area contributed by atoms with Gasteiger partial charge in [0.2, 0.25) is 5.65 Å². The molecule has 0 spiro atoms. The Kier molecular flexibility index (Phi) is 3.89. The number of aromatic nitrogens is 9. The standard InChI is InChI=1S/C18H26N10O/c1-17(2,3)16-19-13-11(15(20-16)27-8-7-18(4,29)9-27)23-28(24-13)12(10-5-6-10)14-21-25-26-22-14/h10,12,29H,5-9H2,1-4H3,(H,21,22,25,26)/t12?,18-/m0/s1. The molecule has 1 unspecified atom stereocenters. The number of nitrogens with one attached hydrogen (secondary N) is 1. The van der Waals surface area contributed by atoms with E-state index in [1.54, 1.807) is 4.80 Å². The average molecular weight is 398 g/mol. The van der Waals surface area contributed by atoms with E-state index in [4.69, 9.17) is 20.2 Å². The minimum Gasteiger partial charge on any atom is -0.388 e. The van der Waals surface area contributed by atoms with Gasteiger partial charge in [-0.1, -0.05) is 20.8 Å². The normalized spacial score (nSPS) is 23.8. The van der Waals surface area contributed by atoms with Gasteiger partial charge in [0, 0.05) is 18.5 Å². The molecular formula is C18H26N10O. The summed E-state index contributed by atoms with van der Waals surface area (Å²) in [7, 11) is 0. The largest absolute Gasteiger partial charge is 0.388 e. The van der Waals surface area contributed by atoms with Crippen LogP contribution in [0.1, 0.15) is 64.6 Å². The van der Waals surface area contributed by atoms with Crippen molar-refractivity contribution >= 4 is 17.0 Å². The highest BCUT2D eigenvalue weighted by molar-refractivity contribution is 5.83. The lowest BCUT2D eigenvalue weighted by Crippen LogP contribution is -2.31. The SMILES string of the molecule is CC(C)(C)c1nc(N2CC[C@](C)(O)C2)c2nn(C(c3nnn[nH]3)C3CC3)nc2n1. The second-order valence-electron chi connectivity index (χ2n) is 9.55. The van der Waals surface area contributed by atoms with Crippen LogP contribution in [0.25, 0.3) is 11.2 Å². The Labute approximate surface area is 167 Å². The molecule has 4 heterocycles. The van der Waals surface area contributed by atoms with Crippen LogP contribution in [-0.4, -0.2) is 69.4 Å². The zero-order valence-corrected chi connectivity index (χ0v) is 17.2. The van der Waals surface area contributed by atoms with Crippen LogP contribution in [0, 0.1) is 5.92 Å². The maximum atomic E-state index is 10.5. The van der Waals surface area contributed by atoms with Crippen molar-refractivity contribution in [1.29, 1.82) is 0 Å². The summed E-state index contributed by atoms with van der Waals surface area (Å²) in [6.45, 7) is 9.31. The van der Waals surface area contributed by atoms with Crippen molar-refractivity contribution in [3.05, 3.63) is 11.6 Å². The Balaban J connectivity index is 1.65. The predicted molar refractivity (Wildman–Crippen MR) is 104 cm³/mol. The molecule has 0 amide bonds. The quantitative estimate of drug-likeness (QED) is 0.659. The molecular weight excluding hydrogens is 372 g/mol. The van der Waals surface area contributed by atoms with Crippen molar-refractivity contribution in [3.63, 3.8) is 0 Å². The van der Waals surface area contributed by atoms with E-state index in [1.165, 1.54) is 0 Å². The van der Waals surface area contributed by atoms with E-state index in [0.29, 0.717) is 48.2 Å². The fourth-order valence-corrected chi connectivity index (χ4v) is 3.84. The summed E-state index contributed by atoms with van der Waals surface area (Å²) in [5, 5.41) is 34.4. The van der Waals surface area contributed by atoms with E-state index in [9.17, 15) is 5.11 Å². The molecule has 2 N–H and O–H groups in total. The lowest BCUT2D eigenvalue weighted by molar-refractivity contribution is 0.0839. The fourth-order valence-electron chi connectivity index (χ4n) is 3.84. The van der Waals surface area contributed by atoms with E-state index < -0.39 is 5.60 Å². The predicted octanol–water partition coefficient (Wildman–Crippen LogP) is 0.992. The van der Waals surface area contributed by atoms with Crippen LogP contribution in [0.2, 0.25) is 0 Å². The van der Waals surface area contributed by atoms with Gasteiger partial charge in [-0.3, -0.25) is 0 Å². The summed E-state index contributed by atoms with van der Waals surface area (Å²) in [6.07, 6.45) is 2.86. The monoisotopic (exact) mass is 398 g/mol. The summed E-state index contributed by atoms with van der Waals surface area (Å²) in [6, 6.07) is -0.146. The van der Waals surface area contributed by atoms with E-state index >= 15 is 0 Å². The van der Waals surface area contributed by atoms with Gasteiger partial charge in [-0.05, 0) is 42.5 Å².